The summed E-state index contributed by atoms with van der Waals surface area (Å²) in [5.74, 6) is 0.918. The minimum Gasteiger partial charge on any atom is -0.270 e. The van der Waals surface area contributed by atoms with Gasteiger partial charge in [0, 0.05) is 28.5 Å². The molecule has 19 heavy (non-hydrogen) atoms. The van der Waals surface area contributed by atoms with Crippen molar-refractivity contribution in [3.05, 3.63) is 52.3 Å². The maximum Gasteiger partial charge on any atom is 0.0631 e. The summed E-state index contributed by atoms with van der Waals surface area (Å²) in [5, 5.41) is 4.59. The molecule has 102 valence electrons. The number of alkyl halides is 1. The third-order valence-electron chi connectivity index (χ3n) is 3.18. The fourth-order valence-corrected chi connectivity index (χ4v) is 2.57. The zero-order valence-corrected chi connectivity index (χ0v) is 13.5. The number of halogens is 2. The van der Waals surface area contributed by atoms with Gasteiger partial charge in [-0.3, -0.25) is 4.68 Å². The Hall–Kier alpha value is -0.800. The molecule has 0 bridgehead atoms. The summed E-state index contributed by atoms with van der Waals surface area (Å²) in [6.45, 7) is 4.26. The Balaban J connectivity index is 2.12. The van der Waals surface area contributed by atoms with Crippen molar-refractivity contribution in [3.8, 4) is 0 Å². The van der Waals surface area contributed by atoms with Gasteiger partial charge in [-0.2, -0.15) is 5.10 Å². The van der Waals surface area contributed by atoms with E-state index >= 15 is 0 Å². The number of aromatic nitrogens is 2. The molecule has 0 fully saturated rings. The van der Waals surface area contributed by atoms with Crippen molar-refractivity contribution in [1.29, 1.82) is 0 Å². The molecule has 1 heterocycles. The zero-order chi connectivity index (χ0) is 13.8. The average Bonchev–Trinajstić information content (AvgIpc) is 2.86. The third kappa shape index (κ3) is 3.83. The summed E-state index contributed by atoms with van der Waals surface area (Å²) in [7, 11) is 0. The minimum absolute atomic E-state index is 0.310. The van der Waals surface area contributed by atoms with Gasteiger partial charge >= 0.3 is 0 Å². The SMILES string of the molecule is CC(C)n1ccc(CC(CCl)c2ccc(Br)cc2)n1. The molecule has 4 heteroatoms. The van der Waals surface area contributed by atoms with Crippen LogP contribution in [0.1, 0.15) is 37.1 Å². The lowest BCUT2D eigenvalue weighted by molar-refractivity contribution is 0.523. The summed E-state index contributed by atoms with van der Waals surface area (Å²) in [4.78, 5) is 0. The van der Waals surface area contributed by atoms with Crippen LogP contribution < -0.4 is 0 Å². The summed E-state index contributed by atoms with van der Waals surface area (Å²) in [5.41, 5.74) is 2.36. The minimum atomic E-state index is 0.310. The van der Waals surface area contributed by atoms with Crippen LogP contribution in [0.25, 0.3) is 0 Å². The van der Waals surface area contributed by atoms with Crippen LogP contribution in [-0.2, 0) is 6.42 Å². The quantitative estimate of drug-likeness (QED) is 0.715. The van der Waals surface area contributed by atoms with Gasteiger partial charge in [0.15, 0.2) is 0 Å². The van der Waals surface area contributed by atoms with Crippen molar-refractivity contribution in [2.45, 2.75) is 32.2 Å². The van der Waals surface area contributed by atoms with Gasteiger partial charge in [-0.15, -0.1) is 11.6 Å². The van der Waals surface area contributed by atoms with E-state index in [4.69, 9.17) is 11.6 Å². The highest BCUT2D eigenvalue weighted by molar-refractivity contribution is 9.10. The number of nitrogens with zero attached hydrogens (tertiary/aromatic N) is 2. The number of hydrogen-bond acceptors (Lipinski definition) is 1. The smallest absolute Gasteiger partial charge is 0.0631 e. The first-order valence-corrected chi connectivity index (χ1v) is 7.78. The Morgan fingerprint density at radius 2 is 1.89 bits per heavy atom. The van der Waals surface area contributed by atoms with Crippen LogP contribution in [0.4, 0.5) is 0 Å². The van der Waals surface area contributed by atoms with Gasteiger partial charge < -0.3 is 0 Å². The van der Waals surface area contributed by atoms with E-state index in [0.717, 1.165) is 16.6 Å². The third-order valence-corrected chi connectivity index (χ3v) is 4.08. The van der Waals surface area contributed by atoms with Crippen molar-refractivity contribution >= 4 is 27.5 Å². The molecular formula is C15H18BrClN2. The van der Waals surface area contributed by atoms with Crippen molar-refractivity contribution in [1.82, 2.24) is 9.78 Å². The lowest BCUT2D eigenvalue weighted by atomic mass is 9.96. The van der Waals surface area contributed by atoms with Crippen molar-refractivity contribution < 1.29 is 0 Å². The molecule has 0 radical (unpaired) electrons. The van der Waals surface area contributed by atoms with Crippen LogP contribution in [-0.4, -0.2) is 15.7 Å². The first kappa shape index (κ1) is 14.6. The molecule has 1 unspecified atom stereocenters. The van der Waals surface area contributed by atoms with E-state index in [1.807, 2.05) is 10.9 Å². The summed E-state index contributed by atoms with van der Waals surface area (Å²) in [6.07, 6.45) is 2.91. The van der Waals surface area contributed by atoms with E-state index < -0.39 is 0 Å². The first-order chi connectivity index (χ1) is 9.10. The van der Waals surface area contributed by atoms with Crippen molar-refractivity contribution in [3.63, 3.8) is 0 Å². The van der Waals surface area contributed by atoms with E-state index in [1.54, 1.807) is 0 Å². The van der Waals surface area contributed by atoms with E-state index in [0.29, 0.717) is 17.8 Å². The molecular weight excluding hydrogens is 324 g/mol. The van der Waals surface area contributed by atoms with Crippen LogP contribution >= 0.6 is 27.5 Å². The van der Waals surface area contributed by atoms with Gasteiger partial charge in [0.05, 0.1) is 5.69 Å². The van der Waals surface area contributed by atoms with Gasteiger partial charge in [0.1, 0.15) is 0 Å². The Morgan fingerprint density at radius 3 is 2.42 bits per heavy atom. The summed E-state index contributed by atoms with van der Waals surface area (Å²) < 4.78 is 3.08. The van der Waals surface area contributed by atoms with Crippen LogP contribution in [0.2, 0.25) is 0 Å². The average molecular weight is 342 g/mol. The van der Waals surface area contributed by atoms with E-state index in [-0.39, 0.29) is 0 Å². The first-order valence-electron chi connectivity index (χ1n) is 6.45. The fraction of sp³-hybridized carbons (Fsp3) is 0.400. The second-order valence-corrected chi connectivity index (χ2v) is 6.21. The van der Waals surface area contributed by atoms with Gasteiger partial charge in [0.25, 0.3) is 0 Å². The molecule has 2 aromatic rings. The van der Waals surface area contributed by atoms with Crippen LogP contribution in [0, 0.1) is 0 Å². The number of benzene rings is 1. The number of hydrogen-bond donors (Lipinski definition) is 0. The second kappa shape index (κ2) is 6.58. The highest BCUT2D eigenvalue weighted by atomic mass is 79.9. The standard InChI is InChI=1S/C15H18BrClN2/c1-11(2)19-8-7-15(18-19)9-13(10-17)12-3-5-14(16)6-4-12/h3-8,11,13H,9-10H2,1-2H3. The van der Waals surface area contributed by atoms with Gasteiger partial charge in [-0.05, 0) is 44.0 Å². The maximum absolute atomic E-state index is 6.11. The van der Waals surface area contributed by atoms with Gasteiger partial charge in [-0.25, -0.2) is 0 Å². The Bertz CT molecular complexity index is 519. The fourth-order valence-electron chi connectivity index (χ4n) is 2.02. The predicted molar refractivity (Wildman–Crippen MR) is 83.9 cm³/mol. The normalized spacial score (nSPS) is 12.9. The van der Waals surface area contributed by atoms with Gasteiger partial charge in [0.2, 0.25) is 0 Å². The van der Waals surface area contributed by atoms with E-state index in [9.17, 15) is 0 Å². The second-order valence-electron chi connectivity index (χ2n) is 4.99. The Morgan fingerprint density at radius 1 is 1.21 bits per heavy atom. The topological polar surface area (TPSA) is 17.8 Å². The summed E-state index contributed by atoms with van der Waals surface area (Å²) >= 11 is 9.57. The Kier molecular flexibility index (Phi) is 5.06. The highest BCUT2D eigenvalue weighted by Gasteiger charge is 2.13. The maximum atomic E-state index is 6.11. The molecule has 0 aliphatic carbocycles. The van der Waals surface area contributed by atoms with Crippen LogP contribution in [0.3, 0.4) is 0 Å². The van der Waals surface area contributed by atoms with E-state index in [1.165, 1.54) is 5.56 Å². The molecule has 0 spiro atoms. The largest absolute Gasteiger partial charge is 0.270 e. The predicted octanol–water partition coefficient (Wildman–Crippen LogP) is 4.79. The van der Waals surface area contributed by atoms with E-state index in [2.05, 4.69) is 65.2 Å². The molecule has 1 aromatic carbocycles. The monoisotopic (exact) mass is 340 g/mol. The molecule has 1 atom stereocenters. The Labute approximate surface area is 127 Å². The van der Waals surface area contributed by atoms with Crippen molar-refractivity contribution in [2.24, 2.45) is 0 Å². The number of rotatable bonds is 5. The van der Waals surface area contributed by atoms with Crippen molar-refractivity contribution in [2.75, 3.05) is 5.88 Å². The van der Waals surface area contributed by atoms with Gasteiger partial charge in [-0.1, -0.05) is 28.1 Å². The molecule has 2 nitrogen and oxygen atoms in total. The molecule has 0 amide bonds. The molecule has 0 saturated carbocycles. The lowest BCUT2D eigenvalue weighted by Crippen LogP contribution is -2.07. The highest BCUT2D eigenvalue weighted by Crippen LogP contribution is 2.23. The molecule has 0 N–H and O–H groups in total. The molecule has 1 aromatic heterocycles. The van der Waals surface area contributed by atoms with Crippen LogP contribution in [0.15, 0.2) is 41.0 Å². The summed E-state index contributed by atoms with van der Waals surface area (Å²) in [6, 6.07) is 10.8. The molecule has 2 rings (SSSR count). The zero-order valence-electron chi connectivity index (χ0n) is 11.2. The molecule has 0 aliphatic rings. The van der Waals surface area contributed by atoms with Crippen LogP contribution in [0.5, 0.6) is 0 Å². The lowest BCUT2D eigenvalue weighted by Gasteiger charge is -2.13. The molecule has 0 aliphatic heterocycles. The molecule has 0 saturated heterocycles.